The third kappa shape index (κ3) is 3.74. The molecule has 0 spiro atoms. The van der Waals surface area contributed by atoms with Crippen LogP contribution < -0.4 is 5.32 Å². The first kappa shape index (κ1) is 19.2. The van der Waals surface area contributed by atoms with Crippen LogP contribution in [0.4, 0.5) is 5.69 Å². The Balaban J connectivity index is 1.92. The van der Waals surface area contributed by atoms with Crippen molar-refractivity contribution in [2.24, 2.45) is 0 Å². The van der Waals surface area contributed by atoms with Crippen LogP contribution in [0.25, 0.3) is 0 Å². The maximum absolute atomic E-state index is 12.8. The molecule has 1 fully saturated rings. The Hall–Kier alpha value is -1.60. The molecular formula is C18H18Cl2N2O3S. The minimum atomic E-state index is -3.61. The highest BCUT2D eigenvalue weighted by Gasteiger charge is 2.29. The van der Waals surface area contributed by atoms with Crippen LogP contribution in [0.1, 0.15) is 28.8 Å². The van der Waals surface area contributed by atoms with E-state index in [4.69, 9.17) is 23.2 Å². The quantitative estimate of drug-likeness (QED) is 0.811. The number of carbonyl (C=O) groups excluding carboxylic acids is 1. The Morgan fingerprint density at radius 1 is 1.12 bits per heavy atom. The number of carbonyl (C=O) groups is 1. The molecule has 0 atom stereocenters. The summed E-state index contributed by atoms with van der Waals surface area (Å²) in [6.07, 6.45) is 1.71. The van der Waals surface area contributed by atoms with Crippen molar-refractivity contribution in [3.63, 3.8) is 0 Å². The van der Waals surface area contributed by atoms with Crippen molar-refractivity contribution < 1.29 is 13.2 Å². The first-order valence-electron chi connectivity index (χ1n) is 8.17. The van der Waals surface area contributed by atoms with Gasteiger partial charge in [0.2, 0.25) is 10.0 Å². The number of anilines is 1. The molecule has 1 saturated heterocycles. The lowest BCUT2D eigenvalue weighted by molar-refractivity contribution is 0.102. The zero-order valence-electron chi connectivity index (χ0n) is 14.1. The summed E-state index contributed by atoms with van der Waals surface area (Å²) in [5.41, 5.74) is 1.22. The molecule has 1 heterocycles. The lowest BCUT2D eigenvalue weighted by Crippen LogP contribution is -2.28. The molecule has 0 aliphatic carbocycles. The van der Waals surface area contributed by atoms with Crippen molar-refractivity contribution in [2.45, 2.75) is 24.7 Å². The van der Waals surface area contributed by atoms with E-state index in [1.54, 1.807) is 37.3 Å². The van der Waals surface area contributed by atoms with E-state index in [1.807, 2.05) is 0 Å². The zero-order valence-corrected chi connectivity index (χ0v) is 16.5. The molecule has 5 nitrogen and oxygen atoms in total. The summed E-state index contributed by atoms with van der Waals surface area (Å²) in [5.74, 6) is -0.452. The van der Waals surface area contributed by atoms with Gasteiger partial charge in [-0.25, -0.2) is 8.42 Å². The minimum absolute atomic E-state index is 0.157. The molecule has 1 amide bonds. The number of rotatable bonds is 4. The molecule has 1 aliphatic heterocycles. The molecule has 0 bridgehead atoms. The van der Waals surface area contributed by atoms with Gasteiger partial charge in [0.1, 0.15) is 0 Å². The van der Waals surface area contributed by atoms with Gasteiger partial charge >= 0.3 is 0 Å². The van der Waals surface area contributed by atoms with E-state index in [0.717, 1.165) is 12.8 Å². The summed E-state index contributed by atoms with van der Waals surface area (Å²) in [5, 5.41) is 3.23. The van der Waals surface area contributed by atoms with Crippen LogP contribution in [0, 0.1) is 6.92 Å². The fraction of sp³-hybridized carbons (Fsp3) is 0.278. The maximum atomic E-state index is 12.8. The van der Waals surface area contributed by atoms with Crippen LogP contribution in [0.3, 0.4) is 0 Å². The first-order valence-corrected chi connectivity index (χ1v) is 10.4. The number of sulfonamides is 1. The van der Waals surface area contributed by atoms with Gasteiger partial charge in [-0.05, 0) is 49.6 Å². The molecule has 138 valence electrons. The van der Waals surface area contributed by atoms with Crippen LogP contribution in [0.15, 0.2) is 41.3 Å². The van der Waals surface area contributed by atoms with Crippen molar-refractivity contribution in [3.8, 4) is 0 Å². The van der Waals surface area contributed by atoms with E-state index in [-0.39, 0.29) is 15.5 Å². The number of benzene rings is 2. The molecule has 1 aliphatic rings. The van der Waals surface area contributed by atoms with Gasteiger partial charge in [0.15, 0.2) is 0 Å². The Labute approximate surface area is 163 Å². The van der Waals surface area contributed by atoms with Gasteiger partial charge < -0.3 is 5.32 Å². The highest BCUT2D eigenvalue weighted by atomic mass is 35.5. The summed E-state index contributed by atoms with van der Waals surface area (Å²) >= 11 is 12.0. The molecular weight excluding hydrogens is 395 g/mol. The second-order valence-electron chi connectivity index (χ2n) is 6.15. The Kier molecular flexibility index (Phi) is 5.58. The van der Waals surface area contributed by atoms with Gasteiger partial charge in [-0.1, -0.05) is 35.3 Å². The lowest BCUT2D eigenvalue weighted by Gasteiger charge is -2.18. The number of amides is 1. The topological polar surface area (TPSA) is 66.5 Å². The van der Waals surface area contributed by atoms with Crippen LogP contribution in [0.2, 0.25) is 10.0 Å². The van der Waals surface area contributed by atoms with E-state index in [1.165, 1.54) is 10.4 Å². The van der Waals surface area contributed by atoms with Gasteiger partial charge in [-0.3, -0.25) is 4.79 Å². The summed E-state index contributed by atoms with van der Waals surface area (Å²) in [7, 11) is -3.61. The van der Waals surface area contributed by atoms with E-state index in [9.17, 15) is 13.2 Å². The zero-order chi connectivity index (χ0) is 18.9. The molecule has 26 heavy (non-hydrogen) atoms. The summed E-state index contributed by atoms with van der Waals surface area (Å²) in [6, 6.07) is 9.55. The summed E-state index contributed by atoms with van der Waals surface area (Å²) in [4.78, 5) is 12.7. The van der Waals surface area contributed by atoms with E-state index < -0.39 is 15.9 Å². The van der Waals surface area contributed by atoms with Crippen molar-refractivity contribution >= 4 is 44.8 Å². The predicted molar refractivity (Wildman–Crippen MR) is 104 cm³/mol. The number of halogens is 2. The third-order valence-electron chi connectivity index (χ3n) is 4.33. The Morgan fingerprint density at radius 2 is 1.81 bits per heavy atom. The monoisotopic (exact) mass is 412 g/mol. The molecule has 3 rings (SSSR count). The van der Waals surface area contributed by atoms with Crippen molar-refractivity contribution in [1.82, 2.24) is 4.31 Å². The maximum Gasteiger partial charge on any atom is 0.255 e. The minimum Gasteiger partial charge on any atom is -0.321 e. The lowest BCUT2D eigenvalue weighted by atomic mass is 10.1. The SMILES string of the molecule is Cc1ccc(C(=O)Nc2cccc(Cl)c2Cl)cc1S(=O)(=O)N1CCCC1. The van der Waals surface area contributed by atoms with E-state index >= 15 is 0 Å². The molecule has 8 heteroatoms. The van der Waals surface area contributed by atoms with Crippen LogP contribution >= 0.6 is 23.2 Å². The van der Waals surface area contributed by atoms with Crippen molar-refractivity contribution in [2.75, 3.05) is 18.4 Å². The molecule has 2 aromatic carbocycles. The number of hydrogen-bond acceptors (Lipinski definition) is 3. The average molecular weight is 413 g/mol. The highest BCUT2D eigenvalue weighted by Crippen LogP contribution is 2.30. The Morgan fingerprint density at radius 3 is 2.50 bits per heavy atom. The predicted octanol–water partition coefficient (Wildman–Crippen LogP) is 4.34. The number of hydrogen-bond donors (Lipinski definition) is 1. The van der Waals surface area contributed by atoms with Crippen LogP contribution in [0.5, 0.6) is 0 Å². The molecule has 0 radical (unpaired) electrons. The molecule has 0 aromatic heterocycles. The van der Waals surface area contributed by atoms with E-state index in [0.29, 0.717) is 29.4 Å². The molecule has 1 N–H and O–H groups in total. The van der Waals surface area contributed by atoms with Crippen LogP contribution in [-0.4, -0.2) is 31.7 Å². The molecule has 0 unspecified atom stereocenters. The smallest absolute Gasteiger partial charge is 0.255 e. The van der Waals surface area contributed by atoms with Gasteiger partial charge in [0, 0.05) is 18.7 Å². The summed E-state index contributed by atoms with van der Waals surface area (Å²) < 4.78 is 27.1. The van der Waals surface area contributed by atoms with Gasteiger partial charge in [-0.15, -0.1) is 0 Å². The average Bonchev–Trinajstić information content (AvgIpc) is 3.14. The third-order valence-corrected chi connectivity index (χ3v) is 7.19. The Bertz CT molecular complexity index is 955. The highest BCUT2D eigenvalue weighted by molar-refractivity contribution is 7.89. The number of nitrogens with one attached hydrogen (secondary N) is 1. The fourth-order valence-corrected chi connectivity index (χ4v) is 5.00. The second-order valence-corrected chi connectivity index (χ2v) is 8.84. The fourth-order valence-electron chi connectivity index (χ4n) is 2.88. The summed E-state index contributed by atoms with van der Waals surface area (Å²) in [6.45, 7) is 2.74. The number of nitrogens with zero attached hydrogens (tertiary/aromatic N) is 1. The molecule has 2 aromatic rings. The van der Waals surface area contributed by atoms with Gasteiger partial charge in [0.05, 0.1) is 20.6 Å². The van der Waals surface area contributed by atoms with Crippen molar-refractivity contribution in [3.05, 3.63) is 57.6 Å². The standard InChI is InChI=1S/C18H18Cl2N2O3S/c1-12-7-8-13(11-16(12)26(24,25)22-9-2-3-10-22)18(23)21-15-6-4-5-14(19)17(15)20/h4-8,11H,2-3,9-10H2,1H3,(H,21,23). The van der Waals surface area contributed by atoms with E-state index in [2.05, 4.69) is 5.32 Å². The normalized spacial score (nSPS) is 15.2. The molecule has 0 saturated carbocycles. The van der Waals surface area contributed by atoms with Crippen LogP contribution in [-0.2, 0) is 10.0 Å². The first-order chi connectivity index (χ1) is 12.3. The number of aryl methyl sites for hydroxylation is 1. The van der Waals surface area contributed by atoms with Crippen molar-refractivity contribution in [1.29, 1.82) is 0 Å². The van der Waals surface area contributed by atoms with Gasteiger partial charge in [0.25, 0.3) is 5.91 Å². The largest absolute Gasteiger partial charge is 0.321 e. The second kappa shape index (κ2) is 7.56. The van der Waals surface area contributed by atoms with Gasteiger partial charge in [-0.2, -0.15) is 4.31 Å².